The highest BCUT2D eigenvalue weighted by molar-refractivity contribution is 7.93. The van der Waals surface area contributed by atoms with Gasteiger partial charge in [-0.3, -0.25) is 4.72 Å². The number of hydrogen-bond donors (Lipinski definition) is 2. The smallest absolute Gasteiger partial charge is 0.264 e. The average Bonchev–Trinajstić information content (AvgIpc) is 2.90. The maximum atomic E-state index is 12.6. The van der Waals surface area contributed by atoms with E-state index in [1.54, 1.807) is 30.3 Å². The van der Waals surface area contributed by atoms with Gasteiger partial charge in [0.15, 0.2) is 0 Å². The molecule has 0 unspecified atom stereocenters. The molecule has 2 aromatic carbocycles. The summed E-state index contributed by atoms with van der Waals surface area (Å²) in [7, 11) is -3.75. The predicted octanol–water partition coefficient (Wildman–Crippen LogP) is 2.38. The second kappa shape index (κ2) is 4.97. The monoisotopic (exact) mass is 320 g/mol. The molecule has 1 heterocycles. The third-order valence-electron chi connectivity index (χ3n) is 3.04. The number of nitrogen functional groups attached to an aromatic ring is 1. The van der Waals surface area contributed by atoms with Gasteiger partial charge in [0.1, 0.15) is 15.9 Å². The second-order valence-electron chi connectivity index (χ2n) is 4.57. The first kappa shape index (κ1) is 13.8. The Balaban J connectivity index is 2.09. The van der Waals surface area contributed by atoms with E-state index in [0.29, 0.717) is 22.4 Å². The second-order valence-corrected chi connectivity index (χ2v) is 6.75. The highest BCUT2D eigenvalue weighted by atomic mass is 32.2. The van der Waals surface area contributed by atoms with Gasteiger partial charge in [-0.15, -0.1) is 0 Å². The van der Waals surface area contributed by atoms with Crippen LogP contribution in [0, 0.1) is 6.92 Å². The first-order valence-electron chi connectivity index (χ1n) is 6.07. The van der Waals surface area contributed by atoms with Crippen molar-refractivity contribution in [2.24, 2.45) is 0 Å². The summed E-state index contributed by atoms with van der Waals surface area (Å²) in [5, 5.41) is 0. The Morgan fingerprint density at radius 3 is 2.81 bits per heavy atom. The lowest BCUT2D eigenvalue weighted by atomic mass is 10.2. The van der Waals surface area contributed by atoms with Crippen molar-refractivity contribution in [3.63, 3.8) is 0 Å². The summed E-state index contributed by atoms with van der Waals surface area (Å²) < 4.78 is 35.8. The van der Waals surface area contributed by atoms with Gasteiger partial charge >= 0.3 is 0 Å². The van der Waals surface area contributed by atoms with Gasteiger partial charge in [-0.25, -0.2) is 8.42 Å². The molecule has 0 radical (unpaired) electrons. The standard InChI is InChI=1S/C13H12N4O2S2/c1-8-5-6-9(14)7-11(8)17-21(18,19)12-4-2-3-10-13(12)16-20-15-10/h2-7,17H,14H2,1H3. The number of nitrogens with one attached hydrogen (secondary N) is 1. The molecule has 0 fully saturated rings. The summed E-state index contributed by atoms with van der Waals surface area (Å²) in [5.41, 5.74) is 8.37. The molecule has 0 saturated heterocycles. The molecule has 3 N–H and O–H groups in total. The minimum absolute atomic E-state index is 0.107. The number of rotatable bonds is 3. The number of hydrogen-bond acceptors (Lipinski definition) is 6. The highest BCUT2D eigenvalue weighted by Gasteiger charge is 2.20. The topological polar surface area (TPSA) is 98.0 Å². The Labute approximate surface area is 126 Å². The molecule has 0 spiro atoms. The van der Waals surface area contributed by atoms with Crippen LogP contribution in [-0.4, -0.2) is 17.2 Å². The van der Waals surface area contributed by atoms with E-state index >= 15 is 0 Å². The molecule has 0 atom stereocenters. The molecule has 0 amide bonds. The molecule has 0 aliphatic carbocycles. The quantitative estimate of drug-likeness (QED) is 0.722. The van der Waals surface area contributed by atoms with Gasteiger partial charge < -0.3 is 5.73 Å². The Hall–Kier alpha value is -2.19. The Morgan fingerprint density at radius 2 is 2.00 bits per heavy atom. The van der Waals surface area contributed by atoms with E-state index in [2.05, 4.69) is 13.5 Å². The van der Waals surface area contributed by atoms with Crippen molar-refractivity contribution in [2.45, 2.75) is 11.8 Å². The predicted molar refractivity (Wildman–Crippen MR) is 83.8 cm³/mol. The lowest BCUT2D eigenvalue weighted by molar-refractivity contribution is 0.602. The van der Waals surface area contributed by atoms with Crippen LogP contribution < -0.4 is 10.5 Å². The number of nitrogens with two attached hydrogens (primary N) is 1. The van der Waals surface area contributed by atoms with Gasteiger partial charge in [0, 0.05) is 5.69 Å². The molecular formula is C13H12N4O2S2. The average molecular weight is 320 g/mol. The van der Waals surface area contributed by atoms with E-state index in [0.717, 1.165) is 17.3 Å². The molecule has 21 heavy (non-hydrogen) atoms. The molecule has 1 aromatic heterocycles. The third-order valence-corrected chi connectivity index (χ3v) is 4.98. The Kier molecular flexibility index (Phi) is 3.26. The molecule has 0 aliphatic rings. The fraction of sp³-hybridized carbons (Fsp3) is 0.0769. The van der Waals surface area contributed by atoms with Gasteiger partial charge in [-0.2, -0.15) is 8.75 Å². The Bertz CT molecular complexity index is 919. The summed E-state index contributed by atoms with van der Waals surface area (Å²) in [4.78, 5) is 0.107. The number of nitrogens with zero attached hydrogens (tertiary/aromatic N) is 2. The molecule has 3 aromatic rings. The fourth-order valence-corrected chi connectivity index (χ4v) is 3.84. The molecular weight excluding hydrogens is 308 g/mol. The van der Waals surface area contributed by atoms with Crippen LogP contribution >= 0.6 is 11.7 Å². The van der Waals surface area contributed by atoms with Gasteiger partial charge in [0.2, 0.25) is 0 Å². The SMILES string of the molecule is Cc1ccc(N)cc1NS(=O)(=O)c1cccc2nsnc12. The molecule has 108 valence electrons. The minimum atomic E-state index is -3.75. The van der Waals surface area contributed by atoms with E-state index in [9.17, 15) is 8.42 Å². The van der Waals surface area contributed by atoms with Crippen molar-refractivity contribution in [1.29, 1.82) is 0 Å². The summed E-state index contributed by atoms with van der Waals surface area (Å²) in [6.45, 7) is 1.81. The van der Waals surface area contributed by atoms with Crippen molar-refractivity contribution in [1.82, 2.24) is 8.75 Å². The molecule has 0 saturated carbocycles. The number of anilines is 2. The lowest BCUT2D eigenvalue weighted by Crippen LogP contribution is -2.14. The van der Waals surface area contributed by atoms with Crippen LogP contribution in [0.5, 0.6) is 0 Å². The van der Waals surface area contributed by atoms with Crippen molar-refractivity contribution in [2.75, 3.05) is 10.5 Å². The zero-order valence-electron chi connectivity index (χ0n) is 11.1. The minimum Gasteiger partial charge on any atom is -0.399 e. The van der Waals surface area contributed by atoms with Gasteiger partial charge in [-0.1, -0.05) is 12.1 Å². The largest absolute Gasteiger partial charge is 0.399 e. The van der Waals surface area contributed by atoms with Crippen LogP contribution in [0.25, 0.3) is 11.0 Å². The first-order chi connectivity index (χ1) is 9.97. The van der Waals surface area contributed by atoms with E-state index in [4.69, 9.17) is 5.73 Å². The number of fused-ring (bicyclic) bond motifs is 1. The number of sulfonamides is 1. The lowest BCUT2D eigenvalue weighted by Gasteiger charge is -2.11. The van der Waals surface area contributed by atoms with E-state index < -0.39 is 10.0 Å². The number of aromatic nitrogens is 2. The van der Waals surface area contributed by atoms with Crippen molar-refractivity contribution >= 4 is 44.2 Å². The summed E-state index contributed by atoms with van der Waals surface area (Å²) >= 11 is 0.983. The molecule has 8 heteroatoms. The normalized spacial score (nSPS) is 11.7. The van der Waals surface area contributed by atoms with E-state index in [-0.39, 0.29) is 4.90 Å². The molecule has 6 nitrogen and oxygen atoms in total. The summed E-state index contributed by atoms with van der Waals surface area (Å²) in [6, 6.07) is 9.95. The zero-order chi connectivity index (χ0) is 15.0. The van der Waals surface area contributed by atoms with Crippen LogP contribution in [0.2, 0.25) is 0 Å². The molecule has 3 rings (SSSR count). The van der Waals surface area contributed by atoms with Gasteiger partial charge in [-0.05, 0) is 36.8 Å². The molecule has 0 aliphatic heterocycles. The van der Waals surface area contributed by atoms with Crippen LogP contribution in [0.15, 0.2) is 41.3 Å². The van der Waals surface area contributed by atoms with Crippen molar-refractivity contribution in [3.05, 3.63) is 42.0 Å². The van der Waals surface area contributed by atoms with Crippen LogP contribution in [0.4, 0.5) is 11.4 Å². The maximum absolute atomic E-state index is 12.6. The van der Waals surface area contributed by atoms with Gasteiger partial charge in [0.05, 0.1) is 17.4 Å². The third kappa shape index (κ3) is 2.55. The highest BCUT2D eigenvalue weighted by Crippen LogP contribution is 2.25. The van der Waals surface area contributed by atoms with Crippen LogP contribution in [-0.2, 0) is 10.0 Å². The van der Waals surface area contributed by atoms with Crippen molar-refractivity contribution < 1.29 is 8.42 Å². The zero-order valence-corrected chi connectivity index (χ0v) is 12.7. The Morgan fingerprint density at radius 1 is 1.19 bits per heavy atom. The van der Waals surface area contributed by atoms with Crippen molar-refractivity contribution in [3.8, 4) is 0 Å². The van der Waals surface area contributed by atoms with E-state index in [1.807, 2.05) is 6.92 Å². The van der Waals surface area contributed by atoms with Gasteiger partial charge in [0.25, 0.3) is 10.0 Å². The summed E-state index contributed by atoms with van der Waals surface area (Å²) in [6.07, 6.45) is 0. The fourth-order valence-electron chi connectivity index (χ4n) is 1.95. The molecule has 0 bridgehead atoms. The van der Waals surface area contributed by atoms with E-state index in [1.165, 1.54) is 6.07 Å². The maximum Gasteiger partial charge on any atom is 0.264 e. The van der Waals surface area contributed by atoms with Crippen LogP contribution in [0.1, 0.15) is 5.56 Å². The first-order valence-corrected chi connectivity index (χ1v) is 8.29. The number of aryl methyl sites for hydroxylation is 1. The number of benzene rings is 2. The van der Waals surface area contributed by atoms with Crippen LogP contribution in [0.3, 0.4) is 0 Å². The summed E-state index contributed by atoms with van der Waals surface area (Å²) in [5.74, 6) is 0.